The Morgan fingerprint density at radius 1 is 0.780 bits per heavy atom. The first-order valence-corrected chi connectivity index (χ1v) is 22.4. The highest BCUT2D eigenvalue weighted by molar-refractivity contribution is 5.86. The van der Waals surface area contributed by atoms with E-state index in [1.54, 1.807) is 13.0 Å². The van der Waals surface area contributed by atoms with Crippen LogP contribution in [0.2, 0.25) is 0 Å². The number of aliphatic carboxylic acids is 2. The Morgan fingerprint density at radius 3 is 1.75 bits per heavy atom. The molecular formula is C55H84O4. The van der Waals surface area contributed by atoms with Crippen molar-refractivity contribution in [3.63, 3.8) is 0 Å². The van der Waals surface area contributed by atoms with Gasteiger partial charge in [0, 0.05) is 17.4 Å². The van der Waals surface area contributed by atoms with E-state index in [1.165, 1.54) is 103 Å². The van der Waals surface area contributed by atoms with Gasteiger partial charge in [0.1, 0.15) is 0 Å². The van der Waals surface area contributed by atoms with E-state index in [-0.39, 0.29) is 12.3 Å². The number of benzene rings is 2. The van der Waals surface area contributed by atoms with Gasteiger partial charge in [-0.25, -0.2) is 4.79 Å². The molecule has 0 bridgehead atoms. The van der Waals surface area contributed by atoms with Crippen molar-refractivity contribution in [2.45, 2.75) is 166 Å². The van der Waals surface area contributed by atoms with E-state index >= 15 is 0 Å². The molecule has 2 aromatic carbocycles. The van der Waals surface area contributed by atoms with Gasteiger partial charge < -0.3 is 10.2 Å². The van der Waals surface area contributed by atoms with Crippen molar-refractivity contribution >= 4 is 17.5 Å². The van der Waals surface area contributed by atoms with Gasteiger partial charge in [-0.2, -0.15) is 0 Å². The molecule has 3 rings (SSSR count). The van der Waals surface area contributed by atoms with Crippen molar-refractivity contribution in [2.75, 3.05) is 0 Å². The number of allylic oxidation sites excluding steroid dienone is 6. The largest absolute Gasteiger partial charge is 0.481 e. The quantitative estimate of drug-likeness (QED) is 0.0570. The second-order valence-corrected chi connectivity index (χ2v) is 16.6. The summed E-state index contributed by atoms with van der Waals surface area (Å²) in [6.07, 6.45) is 32.4. The highest BCUT2D eigenvalue weighted by atomic mass is 16.4. The highest BCUT2D eigenvalue weighted by Crippen LogP contribution is 2.49. The Balaban J connectivity index is 0. The molecule has 0 saturated carbocycles. The summed E-state index contributed by atoms with van der Waals surface area (Å²) < 4.78 is 0. The van der Waals surface area contributed by atoms with Crippen molar-refractivity contribution in [1.82, 2.24) is 0 Å². The van der Waals surface area contributed by atoms with Gasteiger partial charge >= 0.3 is 11.9 Å². The van der Waals surface area contributed by atoms with Crippen LogP contribution < -0.4 is 0 Å². The molecule has 0 spiro atoms. The second-order valence-electron chi connectivity index (χ2n) is 16.6. The lowest BCUT2D eigenvalue weighted by atomic mass is 9.85. The molecule has 4 unspecified atom stereocenters. The lowest BCUT2D eigenvalue weighted by Crippen LogP contribution is -2.04. The number of hydrogen-bond acceptors (Lipinski definition) is 2. The SMILES string of the molecule is C#C.C=CC(C=C/C=C(\C)C(=O)O)c1ccc2c(c1)C(CCC(C)CCCC(C)C)c1cc(/C(C)=C/C)ccc1-2.C=CCC(=O)O.CC.CCCC(C)CCCC(C)C. The Morgan fingerprint density at radius 2 is 1.31 bits per heavy atom. The Kier molecular flexibility index (Phi) is 32.2. The zero-order chi connectivity index (χ0) is 45.5. The van der Waals surface area contributed by atoms with Crippen LogP contribution in [0.5, 0.6) is 0 Å². The minimum Gasteiger partial charge on any atom is -0.481 e. The summed E-state index contributed by atoms with van der Waals surface area (Å²) in [5.41, 5.74) is 9.72. The number of rotatable bonds is 21. The van der Waals surface area contributed by atoms with Gasteiger partial charge in [0.05, 0.1) is 6.42 Å². The summed E-state index contributed by atoms with van der Waals surface area (Å²) in [5.74, 6) is 2.04. The summed E-state index contributed by atoms with van der Waals surface area (Å²) in [6, 6.07) is 13.8. The van der Waals surface area contributed by atoms with Crippen LogP contribution in [0.3, 0.4) is 0 Å². The first-order chi connectivity index (χ1) is 28.1. The molecule has 4 nitrogen and oxygen atoms in total. The van der Waals surface area contributed by atoms with Crippen LogP contribution in [0.4, 0.5) is 0 Å². The summed E-state index contributed by atoms with van der Waals surface area (Å²) in [7, 11) is 0. The van der Waals surface area contributed by atoms with Crippen molar-refractivity contribution in [2.24, 2.45) is 23.7 Å². The van der Waals surface area contributed by atoms with Crippen molar-refractivity contribution in [3.05, 3.63) is 114 Å². The second kappa shape index (κ2) is 33.5. The van der Waals surface area contributed by atoms with Crippen molar-refractivity contribution < 1.29 is 19.8 Å². The van der Waals surface area contributed by atoms with Gasteiger partial charge in [-0.05, 0) is 96.2 Å². The lowest BCUT2D eigenvalue weighted by Gasteiger charge is -2.19. The Labute approximate surface area is 363 Å². The average Bonchev–Trinajstić information content (AvgIpc) is 3.51. The van der Waals surface area contributed by atoms with E-state index < -0.39 is 11.9 Å². The fourth-order valence-electron chi connectivity index (χ4n) is 7.13. The molecule has 1 aliphatic carbocycles. The average molecular weight is 809 g/mol. The van der Waals surface area contributed by atoms with Crippen molar-refractivity contribution in [1.29, 1.82) is 0 Å². The fourth-order valence-corrected chi connectivity index (χ4v) is 7.13. The van der Waals surface area contributed by atoms with Crippen LogP contribution in [0.15, 0.2) is 91.6 Å². The third kappa shape index (κ3) is 23.1. The molecule has 328 valence electrons. The predicted molar refractivity (Wildman–Crippen MR) is 260 cm³/mol. The van der Waals surface area contributed by atoms with Crippen molar-refractivity contribution in [3.8, 4) is 24.0 Å². The van der Waals surface area contributed by atoms with Crippen LogP contribution in [0.1, 0.15) is 188 Å². The molecular weight excluding hydrogens is 725 g/mol. The normalized spacial score (nSPS) is 14.4. The molecule has 0 fully saturated rings. The van der Waals surface area contributed by atoms with Gasteiger partial charge in [0.2, 0.25) is 0 Å². The molecule has 0 heterocycles. The van der Waals surface area contributed by atoms with Crippen LogP contribution in [0.25, 0.3) is 16.7 Å². The minimum atomic E-state index is -0.895. The summed E-state index contributed by atoms with van der Waals surface area (Å²) >= 11 is 0. The maximum Gasteiger partial charge on any atom is 0.331 e. The third-order valence-electron chi connectivity index (χ3n) is 10.7. The fraction of sp³-hybridized carbons (Fsp3) is 0.527. The van der Waals surface area contributed by atoms with E-state index in [0.29, 0.717) is 11.5 Å². The minimum absolute atomic E-state index is 0.0262. The first kappa shape index (κ1) is 56.7. The van der Waals surface area contributed by atoms with E-state index in [4.69, 9.17) is 10.2 Å². The van der Waals surface area contributed by atoms with Gasteiger partial charge in [-0.15, -0.1) is 26.0 Å². The molecule has 2 aromatic rings. The number of carboxylic acid groups (broad SMARTS) is 2. The maximum atomic E-state index is 11.1. The summed E-state index contributed by atoms with van der Waals surface area (Å²) in [5, 5.41) is 17.0. The molecule has 0 saturated heterocycles. The number of carboxylic acids is 2. The predicted octanol–water partition coefficient (Wildman–Crippen LogP) is 16.5. The molecule has 0 aromatic heterocycles. The van der Waals surface area contributed by atoms with E-state index in [1.807, 2.05) is 32.1 Å². The first-order valence-electron chi connectivity index (χ1n) is 22.4. The van der Waals surface area contributed by atoms with Crippen LogP contribution in [0, 0.1) is 36.5 Å². The van der Waals surface area contributed by atoms with Crippen LogP contribution >= 0.6 is 0 Å². The third-order valence-corrected chi connectivity index (χ3v) is 10.7. The molecule has 2 N–H and O–H groups in total. The Hall–Kier alpha value is -4.36. The molecule has 1 aliphatic rings. The van der Waals surface area contributed by atoms with Gasteiger partial charge in [-0.3, -0.25) is 4.79 Å². The number of hydrogen-bond donors (Lipinski definition) is 2. The molecule has 4 atom stereocenters. The Bertz CT molecular complexity index is 1610. The van der Waals surface area contributed by atoms with Crippen LogP contribution in [-0.4, -0.2) is 22.2 Å². The van der Waals surface area contributed by atoms with Crippen LogP contribution in [-0.2, 0) is 9.59 Å². The maximum absolute atomic E-state index is 11.1. The van der Waals surface area contributed by atoms with E-state index in [9.17, 15) is 9.59 Å². The molecule has 59 heavy (non-hydrogen) atoms. The monoisotopic (exact) mass is 809 g/mol. The number of terminal acetylenes is 1. The highest BCUT2D eigenvalue weighted by Gasteiger charge is 2.30. The standard InChI is InChI=1S/C36H46O2.C11H24.C4H6O2.C2H6.C2H2/c1-8-26(6)29-17-20-31-32-21-18-30(28(9-2)15-11-14-27(7)36(37)38)23-35(32)33(34(31)22-29)19-16-25(5)13-10-12-24(3)4;1-5-7-11(4)9-6-8-10(2)3;1-2-3-4(5)6;2*1-2/h8-9,11,14-15,17-18,20-25,28,33H,2,10,12-13,16,19H2,1,3-7H3,(H,37,38);10-11H,5-9H2,1-4H3;2H,1,3H2,(H,5,6);1-2H3;1-2H/b15-11?,26-8+,27-14+;;;;. The van der Waals surface area contributed by atoms with Gasteiger partial charge in [0.15, 0.2) is 0 Å². The number of fused-ring (bicyclic) bond motifs is 3. The summed E-state index contributed by atoms with van der Waals surface area (Å²) in [6.45, 7) is 33.5. The number of carbonyl (C=O) groups is 2. The van der Waals surface area contributed by atoms with E-state index in [0.717, 1.165) is 30.1 Å². The summed E-state index contributed by atoms with van der Waals surface area (Å²) in [4.78, 5) is 20.7. The lowest BCUT2D eigenvalue weighted by molar-refractivity contribution is -0.136. The topological polar surface area (TPSA) is 74.6 Å². The molecule has 0 radical (unpaired) electrons. The molecule has 4 heteroatoms. The molecule has 0 amide bonds. The van der Waals surface area contributed by atoms with Gasteiger partial charge in [-0.1, -0.05) is 187 Å². The van der Waals surface area contributed by atoms with E-state index in [2.05, 4.69) is 131 Å². The molecule has 0 aliphatic heterocycles. The van der Waals surface area contributed by atoms with Gasteiger partial charge in [0.25, 0.3) is 0 Å². The zero-order valence-corrected chi connectivity index (χ0v) is 39.5. The zero-order valence-electron chi connectivity index (χ0n) is 39.5. The smallest absolute Gasteiger partial charge is 0.331 e.